The van der Waals surface area contributed by atoms with Gasteiger partial charge in [0.15, 0.2) is 10.3 Å². The summed E-state index contributed by atoms with van der Waals surface area (Å²) in [5.41, 5.74) is 1.32. The van der Waals surface area contributed by atoms with Gasteiger partial charge in [-0.1, -0.05) is 35.2 Å². The molecular weight excluding hydrogens is 397 g/mol. The fourth-order valence-electron chi connectivity index (χ4n) is 2.55. The maximum atomic E-state index is 13.4. The van der Waals surface area contributed by atoms with Gasteiger partial charge in [-0.25, -0.2) is 14.4 Å². The molecule has 10 heteroatoms. The van der Waals surface area contributed by atoms with Crippen LogP contribution in [0.3, 0.4) is 0 Å². The number of imidazole rings is 1. The van der Waals surface area contributed by atoms with Crippen molar-refractivity contribution in [1.82, 2.24) is 14.5 Å². The van der Waals surface area contributed by atoms with Gasteiger partial charge in [-0.15, -0.1) is 0 Å². The van der Waals surface area contributed by atoms with Crippen molar-refractivity contribution in [3.05, 3.63) is 48.3 Å². The Hall–Kier alpha value is -2.59. The van der Waals surface area contributed by atoms with E-state index in [4.69, 9.17) is 0 Å². The third-order valence-electron chi connectivity index (χ3n) is 3.69. The number of halogens is 3. The van der Waals surface area contributed by atoms with Crippen molar-refractivity contribution in [3.8, 4) is 0 Å². The molecule has 0 aliphatic heterocycles. The van der Waals surface area contributed by atoms with Crippen LogP contribution in [0.1, 0.15) is 6.55 Å². The van der Waals surface area contributed by atoms with Crippen LogP contribution in [0.25, 0.3) is 21.3 Å². The van der Waals surface area contributed by atoms with E-state index < -0.39 is 12.5 Å². The van der Waals surface area contributed by atoms with Gasteiger partial charge in [-0.2, -0.15) is 8.78 Å². The first kappa shape index (κ1) is 17.8. The SMILES string of the molecule is O=C(CSc1nc2ccccc2n1C(F)F)Nc1nc2ccc(F)cc2s1. The van der Waals surface area contributed by atoms with Gasteiger partial charge < -0.3 is 5.32 Å². The van der Waals surface area contributed by atoms with Gasteiger partial charge in [0.25, 0.3) is 0 Å². The molecule has 0 radical (unpaired) electrons. The molecular formula is C17H11F3N4OS2. The molecule has 0 aliphatic carbocycles. The number of thiazole rings is 1. The number of amides is 1. The second-order valence-electron chi connectivity index (χ2n) is 5.50. The Kier molecular flexibility index (Phi) is 4.75. The number of carbonyl (C=O) groups excluding carboxylic acids is 1. The van der Waals surface area contributed by atoms with Crippen molar-refractivity contribution in [2.75, 3.05) is 11.1 Å². The van der Waals surface area contributed by atoms with E-state index in [2.05, 4.69) is 15.3 Å². The predicted molar refractivity (Wildman–Crippen MR) is 99.9 cm³/mol. The minimum atomic E-state index is -2.76. The number of para-hydroxylation sites is 2. The molecule has 27 heavy (non-hydrogen) atoms. The van der Waals surface area contributed by atoms with Crippen LogP contribution < -0.4 is 5.32 Å². The average molecular weight is 408 g/mol. The quantitative estimate of drug-likeness (QED) is 0.477. The molecule has 5 nitrogen and oxygen atoms in total. The number of nitrogens with zero attached hydrogens (tertiary/aromatic N) is 3. The zero-order valence-electron chi connectivity index (χ0n) is 13.5. The van der Waals surface area contributed by atoms with Crippen molar-refractivity contribution >= 4 is 55.4 Å². The Labute approximate surface area is 159 Å². The summed E-state index contributed by atoms with van der Waals surface area (Å²) in [5, 5.41) is 2.99. The summed E-state index contributed by atoms with van der Waals surface area (Å²) in [7, 11) is 0. The fraction of sp³-hybridized carbons (Fsp3) is 0.118. The number of rotatable bonds is 5. The number of aromatic nitrogens is 3. The summed E-state index contributed by atoms with van der Waals surface area (Å²) in [6.45, 7) is -2.76. The van der Waals surface area contributed by atoms with E-state index in [1.165, 1.54) is 18.2 Å². The van der Waals surface area contributed by atoms with Gasteiger partial charge in [-0.3, -0.25) is 9.36 Å². The Morgan fingerprint density at radius 2 is 2.00 bits per heavy atom. The van der Waals surface area contributed by atoms with Crippen LogP contribution in [0.5, 0.6) is 0 Å². The third kappa shape index (κ3) is 3.62. The summed E-state index contributed by atoms with van der Waals surface area (Å²) in [6.07, 6.45) is 0. The fourth-order valence-corrected chi connectivity index (χ4v) is 4.27. The van der Waals surface area contributed by atoms with Gasteiger partial charge in [0.05, 0.1) is 27.0 Å². The number of benzene rings is 2. The molecule has 2 heterocycles. The standard InChI is InChI=1S/C17H11F3N4OS2/c18-9-5-6-11-13(7-9)27-16(21-11)23-14(25)8-26-17-22-10-3-1-2-4-12(10)24(17)15(19)20/h1-7,15H,8H2,(H,21,23,25). The minimum Gasteiger partial charge on any atom is -0.301 e. The molecule has 1 N–H and O–H groups in total. The summed E-state index contributed by atoms with van der Waals surface area (Å²) >= 11 is 2.05. The first-order chi connectivity index (χ1) is 13.0. The number of thioether (sulfide) groups is 1. The second-order valence-corrected chi connectivity index (χ2v) is 7.47. The Morgan fingerprint density at radius 1 is 1.19 bits per heavy atom. The highest BCUT2D eigenvalue weighted by Crippen LogP contribution is 2.30. The van der Waals surface area contributed by atoms with Gasteiger partial charge in [-0.05, 0) is 30.3 Å². The number of alkyl halides is 2. The van der Waals surface area contributed by atoms with E-state index >= 15 is 0 Å². The molecule has 2 aromatic heterocycles. The summed E-state index contributed by atoms with van der Waals surface area (Å²) in [6, 6.07) is 10.7. The number of hydrogen-bond donors (Lipinski definition) is 1. The lowest BCUT2D eigenvalue weighted by Crippen LogP contribution is -2.14. The van der Waals surface area contributed by atoms with Gasteiger partial charge in [0.2, 0.25) is 5.91 Å². The molecule has 0 spiro atoms. The maximum absolute atomic E-state index is 13.4. The monoisotopic (exact) mass is 408 g/mol. The highest BCUT2D eigenvalue weighted by Gasteiger charge is 2.19. The van der Waals surface area contributed by atoms with Crippen LogP contribution in [0.2, 0.25) is 0 Å². The maximum Gasteiger partial charge on any atom is 0.321 e. The molecule has 0 unspecified atom stereocenters. The normalized spacial score (nSPS) is 11.6. The van der Waals surface area contributed by atoms with Crippen LogP contribution in [0.4, 0.5) is 18.3 Å². The van der Waals surface area contributed by atoms with Crippen LogP contribution in [-0.2, 0) is 4.79 Å². The third-order valence-corrected chi connectivity index (χ3v) is 5.57. The molecule has 4 aromatic rings. The summed E-state index contributed by atoms with van der Waals surface area (Å²) in [5.74, 6) is -0.904. The van der Waals surface area contributed by atoms with E-state index in [1.807, 2.05) is 0 Å². The first-order valence-electron chi connectivity index (χ1n) is 7.75. The lowest BCUT2D eigenvalue weighted by atomic mass is 10.3. The average Bonchev–Trinajstić information content (AvgIpc) is 3.19. The van der Waals surface area contributed by atoms with E-state index in [1.54, 1.807) is 24.3 Å². The number of anilines is 1. The van der Waals surface area contributed by atoms with Crippen molar-refractivity contribution < 1.29 is 18.0 Å². The summed E-state index contributed by atoms with van der Waals surface area (Å²) < 4.78 is 41.4. The lowest BCUT2D eigenvalue weighted by Gasteiger charge is -2.07. The predicted octanol–water partition coefficient (Wildman–Crippen LogP) is 4.91. The van der Waals surface area contributed by atoms with Crippen molar-refractivity contribution in [2.45, 2.75) is 11.7 Å². The number of nitrogens with one attached hydrogen (secondary N) is 1. The van der Waals surface area contributed by atoms with Crippen molar-refractivity contribution in [1.29, 1.82) is 0 Å². The largest absolute Gasteiger partial charge is 0.321 e. The molecule has 2 aromatic carbocycles. The van der Waals surface area contributed by atoms with Crippen LogP contribution in [0.15, 0.2) is 47.6 Å². The molecule has 4 rings (SSSR count). The lowest BCUT2D eigenvalue weighted by molar-refractivity contribution is -0.113. The number of hydrogen-bond acceptors (Lipinski definition) is 5. The van der Waals surface area contributed by atoms with E-state index in [0.717, 1.165) is 27.7 Å². The van der Waals surface area contributed by atoms with E-state index in [-0.39, 0.29) is 16.7 Å². The Bertz CT molecular complexity index is 1140. The van der Waals surface area contributed by atoms with E-state index in [0.29, 0.717) is 26.4 Å². The smallest absolute Gasteiger partial charge is 0.301 e. The zero-order valence-corrected chi connectivity index (χ0v) is 15.2. The van der Waals surface area contributed by atoms with E-state index in [9.17, 15) is 18.0 Å². The van der Waals surface area contributed by atoms with Crippen LogP contribution in [-0.4, -0.2) is 26.2 Å². The molecule has 0 bridgehead atoms. The van der Waals surface area contributed by atoms with Crippen LogP contribution in [0, 0.1) is 5.82 Å². The molecule has 0 saturated heterocycles. The Balaban J connectivity index is 1.49. The van der Waals surface area contributed by atoms with Gasteiger partial charge in [0, 0.05) is 0 Å². The van der Waals surface area contributed by atoms with Gasteiger partial charge in [0.1, 0.15) is 5.82 Å². The molecule has 0 atom stereocenters. The zero-order chi connectivity index (χ0) is 19.0. The minimum absolute atomic E-state index is 0.0627. The summed E-state index contributed by atoms with van der Waals surface area (Å²) in [4.78, 5) is 20.5. The molecule has 0 saturated carbocycles. The van der Waals surface area contributed by atoms with Crippen molar-refractivity contribution in [3.63, 3.8) is 0 Å². The van der Waals surface area contributed by atoms with Gasteiger partial charge >= 0.3 is 6.55 Å². The van der Waals surface area contributed by atoms with Crippen molar-refractivity contribution in [2.24, 2.45) is 0 Å². The van der Waals surface area contributed by atoms with Crippen LogP contribution >= 0.6 is 23.1 Å². The molecule has 1 amide bonds. The molecule has 0 fully saturated rings. The highest BCUT2D eigenvalue weighted by atomic mass is 32.2. The first-order valence-corrected chi connectivity index (χ1v) is 9.55. The number of carbonyl (C=O) groups is 1. The molecule has 138 valence electrons. The second kappa shape index (κ2) is 7.20. The Morgan fingerprint density at radius 3 is 2.81 bits per heavy atom. The topological polar surface area (TPSA) is 59.8 Å². The highest BCUT2D eigenvalue weighted by molar-refractivity contribution is 7.99. The molecule has 0 aliphatic rings. The number of fused-ring (bicyclic) bond motifs is 2.